The molecule has 5 unspecified atom stereocenters. The van der Waals surface area contributed by atoms with Crippen molar-refractivity contribution < 1.29 is 37.3 Å². The monoisotopic (exact) mass is 567 g/mol. The smallest absolute Gasteiger partial charge is 0.424 e. The molecule has 1 aromatic carbocycles. The summed E-state index contributed by atoms with van der Waals surface area (Å²) in [4.78, 5) is 25.5. The van der Waals surface area contributed by atoms with E-state index in [0.29, 0.717) is 23.3 Å². The predicted octanol–water partition coefficient (Wildman–Crippen LogP) is 7.44. The van der Waals surface area contributed by atoms with Crippen LogP contribution in [0.2, 0.25) is 0 Å². The molecule has 3 rings (SSSR count). The summed E-state index contributed by atoms with van der Waals surface area (Å²) < 4.78 is 52.9. The maximum Gasteiger partial charge on any atom is 0.424 e. The average molecular weight is 568 g/mol. The summed E-state index contributed by atoms with van der Waals surface area (Å²) in [6.07, 6.45) is 6.34. The number of halogens is 1. The van der Waals surface area contributed by atoms with Crippen LogP contribution in [-0.4, -0.2) is 36.5 Å². The molecule has 10 heteroatoms. The first-order valence-electron chi connectivity index (χ1n) is 14.1. The molecule has 0 radical (unpaired) electrons. The molecule has 5 atom stereocenters. The molecule has 0 saturated carbocycles. The third-order valence-corrected chi connectivity index (χ3v) is 8.97. The second-order valence-electron chi connectivity index (χ2n) is 10.8. The quantitative estimate of drug-likeness (QED) is 0.120. The van der Waals surface area contributed by atoms with Gasteiger partial charge in [0.05, 0.1) is 18.8 Å². The van der Waals surface area contributed by atoms with Gasteiger partial charge in [-0.15, -0.1) is 0 Å². The van der Waals surface area contributed by atoms with E-state index in [-0.39, 0.29) is 30.3 Å². The van der Waals surface area contributed by atoms with Crippen molar-refractivity contribution in [2.24, 2.45) is 5.92 Å². The molecule has 1 aromatic rings. The van der Waals surface area contributed by atoms with Crippen molar-refractivity contribution in [1.82, 2.24) is 5.09 Å². The Hall–Kier alpha value is -2.38. The van der Waals surface area contributed by atoms with Gasteiger partial charge in [-0.1, -0.05) is 31.4 Å². The van der Waals surface area contributed by atoms with Crippen molar-refractivity contribution >= 4 is 19.2 Å². The van der Waals surface area contributed by atoms with E-state index in [1.807, 2.05) is 13.8 Å². The SMILES string of the molecule is CCCCCc1cc2c(c(OP(=O)(NC(C)C(=O)OC(C)C)C(=O)OCC)c1F)C1C=C(C)CCC1C(C)O2. The summed E-state index contributed by atoms with van der Waals surface area (Å²) in [5, 5.41) is 2.49. The lowest BCUT2D eigenvalue weighted by Crippen LogP contribution is -2.38. The van der Waals surface area contributed by atoms with E-state index >= 15 is 4.39 Å². The van der Waals surface area contributed by atoms with E-state index in [1.165, 1.54) is 6.92 Å². The van der Waals surface area contributed by atoms with Crippen LogP contribution in [-0.2, 0) is 25.3 Å². The number of benzene rings is 1. The number of hydrogen-bond acceptors (Lipinski definition) is 7. The number of esters is 1. The van der Waals surface area contributed by atoms with Crippen LogP contribution in [0.3, 0.4) is 0 Å². The van der Waals surface area contributed by atoms with Gasteiger partial charge >= 0.3 is 19.2 Å². The number of unbranched alkanes of at least 4 members (excludes halogenated alkanes) is 2. The number of ether oxygens (including phenoxy) is 3. The zero-order valence-electron chi connectivity index (χ0n) is 24.2. The van der Waals surface area contributed by atoms with Crippen molar-refractivity contribution in [3.05, 3.63) is 34.7 Å². The molecule has 1 aliphatic heterocycles. The van der Waals surface area contributed by atoms with Gasteiger partial charge in [0.25, 0.3) is 0 Å². The van der Waals surface area contributed by atoms with E-state index in [1.54, 1.807) is 26.8 Å². The summed E-state index contributed by atoms with van der Waals surface area (Å²) in [5.41, 5.74) is 0.752. The average Bonchev–Trinajstić information content (AvgIpc) is 2.86. The van der Waals surface area contributed by atoms with Gasteiger partial charge in [-0.3, -0.25) is 4.79 Å². The van der Waals surface area contributed by atoms with Crippen LogP contribution in [0.1, 0.15) is 97.6 Å². The third kappa shape index (κ3) is 7.23. The normalized spacial score (nSPS) is 22.5. The molecule has 0 spiro atoms. The topological polar surface area (TPSA) is 100 Å². The first-order valence-corrected chi connectivity index (χ1v) is 15.7. The second-order valence-corrected chi connectivity index (χ2v) is 12.7. The van der Waals surface area contributed by atoms with Crippen LogP contribution >= 0.6 is 7.52 Å². The summed E-state index contributed by atoms with van der Waals surface area (Å²) >= 11 is 0. The molecule has 0 aromatic heterocycles. The fourth-order valence-corrected chi connectivity index (χ4v) is 6.80. The van der Waals surface area contributed by atoms with Crippen LogP contribution in [0.4, 0.5) is 9.18 Å². The molecule has 1 N–H and O–H groups in total. The molecule has 0 amide bonds. The van der Waals surface area contributed by atoms with Gasteiger partial charge in [0.15, 0.2) is 11.6 Å². The van der Waals surface area contributed by atoms with Crippen molar-refractivity contribution in [3.63, 3.8) is 0 Å². The number of fused-ring (bicyclic) bond motifs is 3. The highest BCUT2D eigenvalue weighted by Crippen LogP contribution is 2.55. The van der Waals surface area contributed by atoms with Gasteiger partial charge in [0.1, 0.15) is 11.8 Å². The molecule has 218 valence electrons. The van der Waals surface area contributed by atoms with Crippen LogP contribution in [0.25, 0.3) is 0 Å². The van der Waals surface area contributed by atoms with Gasteiger partial charge in [-0.05, 0) is 78.9 Å². The molecule has 39 heavy (non-hydrogen) atoms. The Labute approximate surface area is 231 Å². The van der Waals surface area contributed by atoms with E-state index in [9.17, 15) is 14.2 Å². The number of aryl methyl sites for hydroxylation is 1. The van der Waals surface area contributed by atoms with Crippen molar-refractivity contribution in [2.75, 3.05) is 6.61 Å². The zero-order valence-corrected chi connectivity index (χ0v) is 25.1. The van der Waals surface area contributed by atoms with E-state index < -0.39 is 37.2 Å². The van der Waals surface area contributed by atoms with Crippen molar-refractivity contribution in [3.8, 4) is 11.5 Å². The van der Waals surface area contributed by atoms with Gasteiger partial charge in [0.2, 0.25) is 0 Å². The van der Waals surface area contributed by atoms with Crippen molar-refractivity contribution in [2.45, 2.75) is 111 Å². The standard InChI is InChI=1S/C29H43FNO7P/c1-8-10-11-12-21-16-24-25(23-15-18(5)13-14-22(23)20(7)37-24)27(26(21)30)38-39(34,29(33)35-9-2)31-19(6)28(32)36-17(3)4/h15-17,19-20,22-23H,8-14H2,1-7H3,(H,31,34). The molecular weight excluding hydrogens is 524 g/mol. The fourth-order valence-electron chi connectivity index (χ4n) is 5.22. The van der Waals surface area contributed by atoms with Crippen LogP contribution in [0.15, 0.2) is 17.7 Å². The number of hydrogen-bond donors (Lipinski definition) is 1. The Bertz CT molecular complexity index is 1140. The number of carbonyl (C=O) groups excluding carboxylic acids is 2. The Balaban J connectivity index is 2.15. The van der Waals surface area contributed by atoms with Gasteiger partial charge in [-0.25, -0.2) is 18.8 Å². The fraction of sp³-hybridized carbons (Fsp3) is 0.655. The first-order chi connectivity index (χ1) is 18.4. The molecule has 1 heterocycles. The highest BCUT2D eigenvalue weighted by atomic mass is 31.2. The minimum absolute atomic E-state index is 0.0590. The lowest BCUT2D eigenvalue weighted by atomic mass is 9.72. The molecule has 2 aliphatic rings. The lowest BCUT2D eigenvalue weighted by Gasteiger charge is -2.41. The lowest BCUT2D eigenvalue weighted by molar-refractivity contribution is -0.149. The molecule has 0 fully saturated rings. The van der Waals surface area contributed by atoms with Crippen LogP contribution in [0.5, 0.6) is 11.5 Å². The number of rotatable bonds is 12. The minimum Gasteiger partial charge on any atom is -0.490 e. The molecular formula is C29H43FNO7P. The van der Waals surface area contributed by atoms with Gasteiger partial charge in [0, 0.05) is 17.4 Å². The second kappa shape index (κ2) is 13.3. The number of carbonyl (C=O) groups is 2. The van der Waals surface area contributed by atoms with E-state index in [0.717, 1.165) is 37.7 Å². The molecule has 8 nitrogen and oxygen atoms in total. The summed E-state index contributed by atoms with van der Waals surface area (Å²) in [7, 11) is -4.63. The maximum absolute atomic E-state index is 16.3. The van der Waals surface area contributed by atoms with Gasteiger partial charge < -0.3 is 18.7 Å². The number of nitrogens with one attached hydrogen (secondary N) is 1. The Morgan fingerprint density at radius 2 is 1.95 bits per heavy atom. The highest BCUT2D eigenvalue weighted by Gasteiger charge is 2.45. The predicted molar refractivity (Wildman–Crippen MR) is 148 cm³/mol. The maximum atomic E-state index is 16.3. The van der Waals surface area contributed by atoms with Gasteiger partial charge in [-0.2, -0.15) is 0 Å². The number of allylic oxidation sites excluding steroid dienone is 2. The van der Waals surface area contributed by atoms with Crippen LogP contribution in [0, 0.1) is 11.7 Å². The summed E-state index contributed by atoms with van der Waals surface area (Å²) in [6.45, 7) is 12.3. The minimum atomic E-state index is -4.63. The van der Waals surface area contributed by atoms with E-state index in [4.69, 9.17) is 18.7 Å². The first kappa shape index (κ1) is 31.2. The summed E-state index contributed by atoms with van der Waals surface area (Å²) in [6, 6.07) is 0.526. The Morgan fingerprint density at radius 1 is 1.23 bits per heavy atom. The molecule has 0 saturated heterocycles. The van der Waals surface area contributed by atoms with E-state index in [2.05, 4.69) is 18.1 Å². The molecule has 1 aliphatic carbocycles. The van der Waals surface area contributed by atoms with Crippen LogP contribution < -0.4 is 14.3 Å². The Kier molecular flexibility index (Phi) is 10.6. The zero-order chi connectivity index (χ0) is 28.9. The third-order valence-electron chi connectivity index (χ3n) is 7.19. The summed E-state index contributed by atoms with van der Waals surface area (Å²) in [5.74, 6) is -1.42. The Morgan fingerprint density at radius 3 is 2.59 bits per heavy atom. The van der Waals surface area contributed by atoms with Crippen molar-refractivity contribution in [1.29, 1.82) is 0 Å². The largest absolute Gasteiger partial charge is 0.490 e. The molecule has 0 bridgehead atoms. The highest BCUT2D eigenvalue weighted by molar-refractivity contribution is 7.74.